The second kappa shape index (κ2) is 7.07. The lowest BCUT2D eigenvalue weighted by atomic mass is 10.0. The Morgan fingerprint density at radius 3 is 2.50 bits per heavy atom. The van der Waals surface area contributed by atoms with Gasteiger partial charge in [0.25, 0.3) is 0 Å². The number of halogens is 1. The molecular formula is C17H27FN2. The Morgan fingerprint density at radius 2 is 1.90 bits per heavy atom. The quantitative estimate of drug-likeness (QED) is 0.847. The maximum atomic E-state index is 13.5. The molecule has 1 aliphatic rings. The van der Waals surface area contributed by atoms with E-state index in [1.54, 1.807) is 12.1 Å². The Kier molecular flexibility index (Phi) is 5.41. The summed E-state index contributed by atoms with van der Waals surface area (Å²) in [7, 11) is 2.15. The normalized spacial score (nSPS) is 18.6. The molecule has 112 valence electrons. The average Bonchev–Trinajstić information content (AvgIpc) is 2.66. The summed E-state index contributed by atoms with van der Waals surface area (Å²) in [5, 5.41) is 0. The van der Waals surface area contributed by atoms with Crippen molar-refractivity contribution < 1.29 is 4.39 Å². The van der Waals surface area contributed by atoms with Gasteiger partial charge in [-0.15, -0.1) is 0 Å². The van der Waals surface area contributed by atoms with Gasteiger partial charge in [-0.3, -0.25) is 0 Å². The van der Waals surface area contributed by atoms with Crippen LogP contribution in [-0.4, -0.2) is 19.1 Å². The van der Waals surface area contributed by atoms with Gasteiger partial charge >= 0.3 is 0 Å². The molecular weight excluding hydrogens is 251 g/mol. The van der Waals surface area contributed by atoms with E-state index >= 15 is 0 Å². The van der Waals surface area contributed by atoms with E-state index in [-0.39, 0.29) is 11.9 Å². The Bertz CT molecular complexity index is 423. The number of hydrogen-bond donors (Lipinski definition) is 1. The van der Waals surface area contributed by atoms with Crippen molar-refractivity contribution in [2.75, 3.05) is 11.9 Å². The largest absolute Gasteiger partial charge is 0.371 e. The summed E-state index contributed by atoms with van der Waals surface area (Å²) >= 11 is 0. The van der Waals surface area contributed by atoms with E-state index in [0.717, 1.165) is 17.7 Å². The van der Waals surface area contributed by atoms with Gasteiger partial charge in [0.1, 0.15) is 5.82 Å². The fraction of sp³-hybridized carbons (Fsp3) is 0.647. The van der Waals surface area contributed by atoms with Crippen molar-refractivity contribution >= 4 is 5.69 Å². The third-order valence-electron chi connectivity index (χ3n) is 4.34. The first-order valence-electron chi connectivity index (χ1n) is 7.85. The Morgan fingerprint density at radius 1 is 1.25 bits per heavy atom. The highest BCUT2D eigenvalue weighted by Crippen LogP contribution is 2.29. The molecule has 0 spiro atoms. The minimum Gasteiger partial charge on any atom is -0.371 e. The molecule has 0 bridgehead atoms. The lowest BCUT2D eigenvalue weighted by Gasteiger charge is -2.31. The number of anilines is 1. The van der Waals surface area contributed by atoms with Crippen LogP contribution >= 0.6 is 0 Å². The molecule has 1 aromatic rings. The van der Waals surface area contributed by atoms with E-state index in [2.05, 4.69) is 11.9 Å². The van der Waals surface area contributed by atoms with E-state index in [4.69, 9.17) is 5.73 Å². The molecule has 1 saturated carbocycles. The van der Waals surface area contributed by atoms with Gasteiger partial charge in [0.05, 0.1) is 0 Å². The number of nitrogens with zero attached hydrogens (tertiary/aromatic N) is 1. The summed E-state index contributed by atoms with van der Waals surface area (Å²) in [4.78, 5) is 2.35. The number of nitrogens with two attached hydrogens (primary N) is 1. The molecule has 0 aromatic heterocycles. The van der Waals surface area contributed by atoms with Crippen molar-refractivity contribution in [3.63, 3.8) is 0 Å². The molecule has 20 heavy (non-hydrogen) atoms. The minimum absolute atomic E-state index is 0.0538. The molecule has 1 unspecified atom stereocenters. The van der Waals surface area contributed by atoms with E-state index in [1.165, 1.54) is 38.5 Å². The highest BCUT2D eigenvalue weighted by Gasteiger charge is 2.19. The van der Waals surface area contributed by atoms with Crippen molar-refractivity contribution in [2.45, 2.75) is 64.0 Å². The first-order valence-corrected chi connectivity index (χ1v) is 7.85. The first kappa shape index (κ1) is 15.3. The molecule has 1 aromatic carbocycles. The third kappa shape index (κ3) is 3.95. The van der Waals surface area contributed by atoms with E-state index in [9.17, 15) is 4.39 Å². The Hall–Kier alpha value is -1.09. The average molecular weight is 278 g/mol. The summed E-state index contributed by atoms with van der Waals surface area (Å²) in [6.45, 7) is 1.97. The summed E-state index contributed by atoms with van der Waals surface area (Å²) in [5.41, 5.74) is 8.09. The van der Waals surface area contributed by atoms with E-state index < -0.39 is 0 Å². The minimum atomic E-state index is -0.168. The summed E-state index contributed by atoms with van der Waals surface area (Å²) in [6.07, 6.45) is 8.51. The van der Waals surface area contributed by atoms with Gasteiger partial charge in [-0.1, -0.05) is 25.7 Å². The van der Waals surface area contributed by atoms with Crippen LogP contribution in [0.25, 0.3) is 0 Å². The molecule has 0 saturated heterocycles. The molecule has 1 aliphatic carbocycles. The number of benzene rings is 1. The van der Waals surface area contributed by atoms with Crippen molar-refractivity contribution in [3.05, 3.63) is 29.6 Å². The fourth-order valence-corrected chi connectivity index (χ4v) is 3.25. The highest BCUT2D eigenvalue weighted by molar-refractivity contribution is 5.54. The number of rotatable bonds is 4. The lowest BCUT2D eigenvalue weighted by Crippen LogP contribution is -2.32. The van der Waals surface area contributed by atoms with Gasteiger partial charge in [-0.05, 0) is 49.9 Å². The Labute approximate surface area is 122 Å². The van der Waals surface area contributed by atoms with Crippen molar-refractivity contribution in [2.24, 2.45) is 5.73 Å². The van der Waals surface area contributed by atoms with Crippen molar-refractivity contribution in [1.29, 1.82) is 0 Å². The molecule has 0 amide bonds. The van der Waals surface area contributed by atoms with Crippen molar-refractivity contribution in [1.82, 2.24) is 0 Å². The van der Waals surface area contributed by atoms with Crippen LogP contribution in [0.1, 0.15) is 51.0 Å². The van der Waals surface area contributed by atoms with Gasteiger partial charge in [0.15, 0.2) is 0 Å². The van der Waals surface area contributed by atoms with Crippen LogP contribution in [0.15, 0.2) is 18.2 Å². The molecule has 1 fully saturated rings. The molecule has 0 heterocycles. The second-order valence-corrected chi connectivity index (χ2v) is 6.21. The van der Waals surface area contributed by atoms with Gasteiger partial charge in [-0.25, -0.2) is 4.39 Å². The van der Waals surface area contributed by atoms with Crippen LogP contribution in [-0.2, 0) is 6.42 Å². The zero-order chi connectivity index (χ0) is 14.5. The Balaban J connectivity index is 2.20. The molecule has 2 nitrogen and oxygen atoms in total. The van der Waals surface area contributed by atoms with Gasteiger partial charge in [0.2, 0.25) is 0 Å². The van der Waals surface area contributed by atoms with Crippen LogP contribution in [0.5, 0.6) is 0 Å². The van der Waals surface area contributed by atoms with Crippen LogP contribution in [0.4, 0.5) is 10.1 Å². The van der Waals surface area contributed by atoms with Gasteiger partial charge < -0.3 is 10.6 Å². The molecule has 3 heteroatoms. The zero-order valence-electron chi connectivity index (χ0n) is 12.7. The summed E-state index contributed by atoms with van der Waals surface area (Å²) < 4.78 is 13.5. The molecule has 2 rings (SSSR count). The summed E-state index contributed by atoms with van der Waals surface area (Å²) in [5.74, 6) is -0.168. The molecule has 0 aliphatic heterocycles. The van der Waals surface area contributed by atoms with Crippen LogP contribution < -0.4 is 10.6 Å². The molecule has 2 N–H and O–H groups in total. The predicted octanol–water partition coefficient (Wildman–Crippen LogP) is 3.87. The van der Waals surface area contributed by atoms with Crippen LogP contribution in [0.3, 0.4) is 0 Å². The fourth-order valence-electron chi connectivity index (χ4n) is 3.25. The topological polar surface area (TPSA) is 29.3 Å². The molecule has 1 atom stereocenters. The number of hydrogen-bond acceptors (Lipinski definition) is 2. The predicted molar refractivity (Wildman–Crippen MR) is 83.6 cm³/mol. The lowest BCUT2D eigenvalue weighted by molar-refractivity contribution is 0.549. The highest BCUT2D eigenvalue weighted by atomic mass is 19.1. The van der Waals surface area contributed by atoms with Crippen LogP contribution in [0.2, 0.25) is 0 Å². The van der Waals surface area contributed by atoms with Gasteiger partial charge in [-0.2, -0.15) is 0 Å². The third-order valence-corrected chi connectivity index (χ3v) is 4.34. The maximum absolute atomic E-state index is 13.5. The molecule has 0 radical (unpaired) electrons. The van der Waals surface area contributed by atoms with Crippen LogP contribution in [0, 0.1) is 5.82 Å². The second-order valence-electron chi connectivity index (χ2n) is 6.21. The standard InChI is InChI=1S/C17H27FN2/c1-13(19)11-14-12-15(18)9-10-17(14)20(2)16-7-5-3-4-6-8-16/h9-10,12-13,16H,3-8,11,19H2,1-2H3. The smallest absolute Gasteiger partial charge is 0.123 e. The van der Waals surface area contributed by atoms with E-state index in [0.29, 0.717) is 6.04 Å². The van der Waals surface area contributed by atoms with E-state index in [1.807, 2.05) is 13.0 Å². The SMILES string of the molecule is CC(N)Cc1cc(F)ccc1N(C)C1CCCCCC1. The first-order chi connectivity index (χ1) is 9.58. The summed E-state index contributed by atoms with van der Waals surface area (Å²) in [6, 6.07) is 5.75. The van der Waals surface area contributed by atoms with Gasteiger partial charge in [0, 0.05) is 24.8 Å². The monoisotopic (exact) mass is 278 g/mol. The maximum Gasteiger partial charge on any atom is 0.123 e. The van der Waals surface area contributed by atoms with Crippen molar-refractivity contribution in [3.8, 4) is 0 Å². The zero-order valence-corrected chi connectivity index (χ0v) is 12.7.